The zero-order chi connectivity index (χ0) is 13.5. The largest absolute Gasteiger partial charge is 0.469 e. The Morgan fingerprint density at radius 3 is 3.16 bits per heavy atom. The molecule has 6 nitrogen and oxygen atoms in total. The van der Waals surface area contributed by atoms with Crippen molar-refractivity contribution in [3.05, 3.63) is 18.0 Å². The second-order valence-electron chi connectivity index (χ2n) is 4.68. The van der Waals surface area contributed by atoms with E-state index in [9.17, 15) is 4.79 Å². The topological polar surface area (TPSA) is 64.8 Å². The third kappa shape index (κ3) is 4.65. The van der Waals surface area contributed by atoms with Gasteiger partial charge in [0.25, 0.3) is 0 Å². The standard InChI is InChI=1S/C13H20N2O4/c1-17-13(16)5-7-15(9-11-3-2-8-18-11)10-12-4-6-14-19-12/h4,6,11H,2-3,5,7-10H2,1H3. The van der Waals surface area contributed by atoms with Crippen molar-refractivity contribution < 1.29 is 18.8 Å². The summed E-state index contributed by atoms with van der Waals surface area (Å²) in [6, 6.07) is 1.83. The first-order valence-corrected chi connectivity index (χ1v) is 6.58. The van der Waals surface area contributed by atoms with Gasteiger partial charge in [0.05, 0.1) is 32.4 Å². The summed E-state index contributed by atoms with van der Waals surface area (Å²) in [5, 5.41) is 3.69. The molecule has 1 aliphatic rings. The van der Waals surface area contributed by atoms with Crippen molar-refractivity contribution in [1.29, 1.82) is 0 Å². The molecule has 1 aliphatic heterocycles. The van der Waals surface area contributed by atoms with Crippen LogP contribution < -0.4 is 0 Å². The number of hydrogen-bond acceptors (Lipinski definition) is 6. The van der Waals surface area contributed by atoms with Crippen molar-refractivity contribution in [3.63, 3.8) is 0 Å². The lowest BCUT2D eigenvalue weighted by Gasteiger charge is -2.23. The number of ether oxygens (including phenoxy) is 2. The highest BCUT2D eigenvalue weighted by molar-refractivity contribution is 5.69. The van der Waals surface area contributed by atoms with Gasteiger partial charge in [0.15, 0.2) is 5.76 Å². The number of carbonyl (C=O) groups is 1. The highest BCUT2D eigenvalue weighted by Crippen LogP contribution is 2.15. The predicted octanol–water partition coefficient (Wildman–Crippen LogP) is 1.22. The average Bonchev–Trinajstić information content (AvgIpc) is 3.08. The van der Waals surface area contributed by atoms with Crippen LogP contribution in [0.15, 0.2) is 16.8 Å². The Labute approximate surface area is 112 Å². The van der Waals surface area contributed by atoms with Crippen molar-refractivity contribution in [3.8, 4) is 0 Å². The van der Waals surface area contributed by atoms with E-state index in [0.29, 0.717) is 19.5 Å². The minimum Gasteiger partial charge on any atom is -0.469 e. The number of hydrogen-bond donors (Lipinski definition) is 0. The molecule has 1 atom stereocenters. The van der Waals surface area contributed by atoms with Crippen LogP contribution in [0, 0.1) is 0 Å². The normalized spacial score (nSPS) is 18.9. The highest BCUT2D eigenvalue weighted by Gasteiger charge is 2.20. The third-order valence-corrected chi connectivity index (χ3v) is 3.22. The molecule has 0 aliphatic carbocycles. The molecule has 0 N–H and O–H groups in total. The molecule has 2 rings (SSSR count). The number of aromatic nitrogens is 1. The molecular formula is C13H20N2O4. The highest BCUT2D eigenvalue weighted by atomic mass is 16.5. The number of rotatable bonds is 7. The van der Waals surface area contributed by atoms with E-state index in [-0.39, 0.29) is 12.1 Å². The predicted molar refractivity (Wildman–Crippen MR) is 67.4 cm³/mol. The molecular weight excluding hydrogens is 248 g/mol. The molecule has 1 saturated heterocycles. The molecule has 0 spiro atoms. The first-order valence-electron chi connectivity index (χ1n) is 6.58. The van der Waals surface area contributed by atoms with Crippen molar-refractivity contribution in [2.24, 2.45) is 0 Å². The Hall–Kier alpha value is -1.40. The lowest BCUT2D eigenvalue weighted by Crippen LogP contribution is -2.33. The van der Waals surface area contributed by atoms with Crippen molar-refractivity contribution in [2.75, 3.05) is 26.8 Å². The molecule has 0 radical (unpaired) electrons. The quantitative estimate of drug-likeness (QED) is 0.693. The fourth-order valence-electron chi connectivity index (χ4n) is 2.21. The summed E-state index contributed by atoms with van der Waals surface area (Å²) in [7, 11) is 1.41. The summed E-state index contributed by atoms with van der Waals surface area (Å²) in [4.78, 5) is 13.4. The van der Waals surface area contributed by atoms with Crippen LogP contribution in [0.5, 0.6) is 0 Å². The van der Waals surface area contributed by atoms with Gasteiger partial charge in [-0.15, -0.1) is 0 Å². The van der Waals surface area contributed by atoms with Crippen LogP contribution in [0.4, 0.5) is 0 Å². The number of methoxy groups -OCH3 is 1. The maximum atomic E-state index is 11.2. The van der Waals surface area contributed by atoms with Crippen molar-refractivity contribution >= 4 is 5.97 Å². The Kier molecular flexibility index (Phi) is 5.35. The van der Waals surface area contributed by atoms with Crippen LogP contribution >= 0.6 is 0 Å². The van der Waals surface area contributed by atoms with Gasteiger partial charge in [0, 0.05) is 25.8 Å². The molecule has 0 saturated carbocycles. The van der Waals surface area contributed by atoms with E-state index in [1.807, 2.05) is 6.07 Å². The SMILES string of the molecule is COC(=O)CCN(Cc1ccno1)CC1CCCO1. The minimum atomic E-state index is -0.199. The van der Waals surface area contributed by atoms with Crippen molar-refractivity contribution in [1.82, 2.24) is 10.1 Å². The molecule has 0 aromatic carbocycles. The molecule has 0 bridgehead atoms. The van der Waals surface area contributed by atoms with E-state index in [1.54, 1.807) is 6.20 Å². The zero-order valence-electron chi connectivity index (χ0n) is 11.2. The molecule has 19 heavy (non-hydrogen) atoms. The van der Waals surface area contributed by atoms with Gasteiger partial charge in [-0.25, -0.2) is 0 Å². The van der Waals surface area contributed by atoms with E-state index in [4.69, 9.17) is 9.26 Å². The van der Waals surface area contributed by atoms with Gasteiger partial charge in [-0.2, -0.15) is 0 Å². The van der Waals surface area contributed by atoms with E-state index in [1.165, 1.54) is 7.11 Å². The first-order chi connectivity index (χ1) is 9.28. The van der Waals surface area contributed by atoms with Crippen LogP contribution in [-0.4, -0.2) is 48.9 Å². The van der Waals surface area contributed by atoms with Crippen LogP contribution in [-0.2, 0) is 20.8 Å². The maximum Gasteiger partial charge on any atom is 0.306 e. The summed E-state index contributed by atoms with van der Waals surface area (Å²) in [6.07, 6.45) is 4.43. The van der Waals surface area contributed by atoms with Crippen LogP contribution in [0.1, 0.15) is 25.0 Å². The van der Waals surface area contributed by atoms with Gasteiger partial charge < -0.3 is 14.0 Å². The molecule has 0 amide bonds. The summed E-state index contributed by atoms with van der Waals surface area (Å²) in [6.45, 7) is 2.90. The van der Waals surface area contributed by atoms with Gasteiger partial charge >= 0.3 is 5.97 Å². The number of nitrogens with zero attached hydrogens (tertiary/aromatic N) is 2. The molecule has 2 heterocycles. The number of esters is 1. The first kappa shape index (κ1) is 14.0. The van der Waals surface area contributed by atoms with Gasteiger partial charge in [-0.3, -0.25) is 9.69 Å². The zero-order valence-corrected chi connectivity index (χ0v) is 11.2. The lowest BCUT2D eigenvalue weighted by molar-refractivity contribution is -0.141. The molecule has 106 valence electrons. The average molecular weight is 268 g/mol. The second kappa shape index (κ2) is 7.25. The minimum absolute atomic E-state index is 0.199. The van der Waals surface area contributed by atoms with Crippen LogP contribution in [0.25, 0.3) is 0 Å². The van der Waals surface area contributed by atoms with E-state index < -0.39 is 0 Å². The van der Waals surface area contributed by atoms with E-state index in [0.717, 1.165) is 31.8 Å². The Balaban J connectivity index is 1.85. The van der Waals surface area contributed by atoms with Crippen LogP contribution in [0.3, 0.4) is 0 Å². The fourth-order valence-corrected chi connectivity index (χ4v) is 2.21. The lowest BCUT2D eigenvalue weighted by atomic mass is 10.2. The second-order valence-corrected chi connectivity index (χ2v) is 4.68. The van der Waals surface area contributed by atoms with Crippen molar-refractivity contribution in [2.45, 2.75) is 31.9 Å². The molecule has 1 unspecified atom stereocenters. The summed E-state index contributed by atoms with van der Waals surface area (Å²) in [5.74, 6) is 0.595. The Bertz CT molecular complexity index is 374. The number of carbonyl (C=O) groups excluding carboxylic acids is 1. The Morgan fingerprint density at radius 2 is 2.53 bits per heavy atom. The summed E-state index contributed by atoms with van der Waals surface area (Å²) in [5.41, 5.74) is 0. The van der Waals surface area contributed by atoms with Gasteiger partial charge in [-0.05, 0) is 12.8 Å². The van der Waals surface area contributed by atoms with Gasteiger partial charge in [0.2, 0.25) is 0 Å². The van der Waals surface area contributed by atoms with Gasteiger partial charge in [-0.1, -0.05) is 5.16 Å². The summed E-state index contributed by atoms with van der Waals surface area (Å²) < 4.78 is 15.4. The smallest absolute Gasteiger partial charge is 0.306 e. The maximum absolute atomic E-state index is 11.2. The fraction of sp³-hybridized carbons (Fsp3) is 0.692. The van der Waals surface area contributed by atoms with Crippen LogP contribution in [0.2, 0.25) is 0 Å². The molecule has 1 aromatic rings. The monoisotopic (exact) mass is 268 g/mol. The Morgan fingerprint density at radius 1 is 1.63 bits per heavy atom. The third-order valence-electron chi connectivity index (χ3n) is 3.22. The van der Waals surface area contributed by atoms with E-state index >= 15 is 0 Å². The molecule has 1 fully saturated rings. The molecule has 6 heteroatoms. The summed E-state index contributed by atoms with van der Waals surface area (Å²) >= 11 is 0. The molecule has 1 aromatic heterocycles. The van der Waals surface area contributed by atoms with E-state index in [2.05, 4.69) is 14.8 Å². The van der Waals surface area contributed by atoms with Gasteiger partial charge in [0.1, 0.15) is 0 Å².